The Kier molecular flexibility index (Phi) is 3.52. The first-order valence-corrected chi connectivity index (χ1v) is 8.98. The minimum absolute atomic E-state index is 0.000499. The number of imide groups is 1. The molecule has 1 aliphatic heterocycles. The third-order valence-electron chi connectivity index (χ3n) is 6.12. The fraction of sp³-hybridized carbons (Fsp3) is 0.500. The summed E-state index contributed by atoms with van der Waals surface area (Å²) in [4.78, 5) is 29.5. The largest absolute Gasteiger partial charge is 0.372 e. The molecule has 4 atom stereocenters. The molecule has 126 valence electrons. The molecule has 0 unspecified atom stereocenters. The van der Waals surface area contributed by atoms with Gasteiger partial charge in [0.1, 0.15) is 0 Å². The number of allylic oxidation sites excluding steroid dienone is 2. The number of anilines is 2. The third kappa shape index (κ3) is 1.98. The molecule has 4 heteroatoms. The molecule has 1 aromatic carbocycles. The van der Waals surface area contributed by atoms with E-state index in [0.29, 0.717) is 5.69 Å². The van der Waals surface area contributed by atoms with E-state index in [9.17, 15) is 9.59 Å². The normalized spacial score (nSPS) is 30.8. The Balaban J connectivity index is 1.62. The molecule has 2 amide bonds. The van der Waals surface area contributed by atoms with E-state index >= 15 is 0 Å². The van der Waals surface area contributed by atoms with Gasteiger partial charge >= 0.3 is 0 Å². The molecule has 0 spiro atoms. The number of hydrogen-bond donors (Lipinski definition) is 0. The van der Waals surface area contributed by atoms with Gasteiger partial charge in [0.15, 0.2) is 0 Å². The van der Waals surface area contributed by atoms with Gasteiger partial charge in [-0.05, 0) is 63.3 Å². The molecule has 0 aromatic heterocycles. The van der Waals surface area contributed by atoms with Gasteiger partial charge in [-0.3, -0.25) is 14.5 Å². The smallest absolute Gasteiger partial charge is 0.238 e. The SMILES string of the molecule is CCN(CC)c1ccc(N2C(=O)[C@@H]3[C@H](C2=O)[C@H]2C=C(C)[C@H]3C2)cc1. The quantitative estimate of drug-likeness (QED) is 0.631. The first-order valence-electron chi connectivity index (χ1n) is 8.98. The van der Waals surface area contributed by atoms with Crippen LogP contribution in [0, 0.1) is 23.7 Å². The van der Waals surface area contributed by atoms with Crippen molar-refractivity contribution in [3.8, 4) is 0 Å². The zero-order valence-electron chi connectivity index (χ0n) is 14.5. The van der Waals surface area contributed by atoms with Crippen molar-refractivity contribution in [1.29, 1.82) is 0 Å². The van der Waals surface area contributed by atoms with Gasteiger partial charge in [-0.2, -0.15) is 0 Å². The standard InChI is InChI=1S/C20H24N2O2/c1-4-21(5-2)14-6-8-15(9-7-14)22-19(23)17-13-10-12(3)16(11-13)18(17)20(22)24/h6-10,13,16-18H,4-5,11H2,1-3H3/t13-,16+,17+,18-/m0/s1. The Hall–Kier alpha value is -2.10. The second kappa shape index (κ2) is 5.47. The highest BCUT2D eigenvalue weighted by molar-refractivity contribution is 6.22. The summed E-state index contributed by atoms with van der Waals surface area (Å²) in [6.45, 7) is 8.22. The van der Waals surface area contributed by atoms with Crippen LogP contribution in [0.4, 0.5) is 11.4 Å². The van der Waals surface area contributed by atoms with Gasteiger partial charge in [0.25, 0.3) is 0 Å². The summed E-state index contributed by atoms with van der Waals surface area (Å²) in [7, 11) is 0. The third-order valence-corrected chi connectivity index (χ3v) is 6.12. The van der Waals surface area contributed by atoms with Crippen molar-refractivity contribution < 1.29 is 9.59 Å². The maximum atomic E-state index is 12.9. The highest BCUT2D eigenvalue weighted by Crippen LogP contribution is 2.55. The lowest BCUT2D eigenvalue weighted by Crippen LogP contribution is -2.33. The Morgan fingerprint density at radius 2 is 1.67 bits per heavy atom. The predicted molar refractivity (Wildman–Crippen MR) is 94.8 cm³/mol. The van der Waals surface area contributed by atoms with E-state index in [-0.39, 0.29) is 35.5 Å². The first-order chi connectivity index (χ1) is 11.6. The summed E-state index contributed by atoms with van der Waals surface area (Å²) in [6.07, 6.45) is 3.19. The molecule has 2 fully saturated rings. The maximum absolute atomic E-state index is 12.9. The number of nitrogens with zero attached hydrogens (tertiary/aromatic N) is 2. The molecule has 24 heavy (non-hydrogen) atoms. The van der Waals surface area contributed by atoms with Gasteiger partial charge in [-0.15, -0.1) is 0 Å². The molecule has 2 aliphatic carbocycles. The highest BCUT2D eigenvalue weighted by atomic mass is 16.2. The molecular weight excluding hydrogens is 300 g/mol. The Morgan fingerprint density at radius 3 is 2.29 bits per heavy atom. The molecule has 1 aromatic rings. The number of carbonyl (C=O) groups excluding carboxylic acids is 2. The topological polar surface area (TPSA) is 40.6 Å². The van der Waals surface area contributed by atoms with Crippen LogP contribution in [0.1, 0.15) is 27.2 Å². The van der Waals surface area contributed by atoms with Crippen molar-refractivity contribution in [2.75, 3.05) is 22.9 Å². The second-order valence-electron chi connectivity index (χ2n) is 7.17. The van der Waals surface area contributed by atoms with Gasteiger partial charge in [0, 0.05) is 18.8 Å². The van der Waals surface area contributed by atoms with Crippen LogP contribution in [0.3, 0.4) is 0 Å². The van der Waals surface area contributed by atoms with Crippen molar-refractivity contribution in [2.24, 2.45) is 23.7 Å². The molecular formula is C20H24N2O2. The summed E-state index contributed by atoms with van der Waals surface area (Å²) in [5, 5.41) is 0. The average molecular weight is 324 g/mol. The summed E-state index contributed by atoms with van der Waals surface area (Å²) in [6, 6.07) is 7.84. The van der Waals surface area contributed by atoms with Crippen molar-refractivity contribution in [2.45, 2.75) is 27.2 Å². The lowest BCUT2D eigenvalue weighted by atomic mass is 9.82. The Morgan fingerprint density at radius 1 is 1.04 bits per heavy atom. The van der Waals surface area contributed by atoms with Gasteiger partial charge < -0.3 is 4.90 Å². The number of hydrogen-bond acceptors (Lipinski definition) is 3. The molecule has 2 bridgehead atoms. The number of amides is 2. The van der Waals surface area contributed by atoms with Crippen LogP contribution in [-0.2, 0) is 9.59 Å². The summed E-state index contributed by atoms with van der Waals surface area (Å²) >= 11 is 0. The van der Waals surface area contributed by atoms with Crippen molar-refractivity contribution in [3.05, 3.63) is 35.9 Å². The highest BCUT2D eigenvalue weighted by Gasteiger charge is 2.60. The number of fused-ring (bicyclic) bond motifs is 5. The van der Waals surface area contributed by atoms with Crippen LogP contribution in [0.2, 0.25) is 0 Å². The monoisotopic (exact) mass is 324 g/mol. The molecule has 4 nitrogen and oxygen atoms in total. The fourth-order valence-electron chi connectivity index (χ4n) is 4.93. The second-order valence-corrected chi connectivity index (χ2v) is 7.17. The molecule has 4 rings (SSSR count). The minimum atomic E-state index is -0.131. The first kappa shape index (κ1) is 15.4. The van der Waals surface area contributed by atoms with E-state index in [4.69, 9.17) is 0 Å². The Bertz CT molecular complexity index is 718. The van der Waals surface area contributed by atoms with E-state index in [0.717, 1.165) is 25.2 Å². The minimum Gasteiger partial charge on any atom is -0.372 e. The fourth-order valence-corrected chi connectivity index (χ4v) is 4.93. The van der Waals surface area contributed by atoms with Gasteiger partial charge in [0.2, 0.25) is 11.8 Å². The van der Waals surface area contributed by atoms with Gasteiger partial charge in [0.05, 0.1) is 17.5 Å². The van der Waals surface area contributed by atoms with Crippen LogP contribution >= 0.6 is 0 Å². The van der Waals surface area contributed by atoms with Gasteiger partial charge in [-0.25, -0.2) is 0 Å². The summed E-state index contributed by atoms with van der Waals surface area (Å²) in [5.74, 6) is 0.272. The van der Waals surface area contributed by atoms with Crippen LogP contribution in [0.25, 0.3) is 0 Å². The van der Waals surface area contributed by atoms with Crippen molar-refractivity contribution in [3.63, 3.8) is 0 Å². The van der Waals surface area contributed by atoms with Crippen LogP contribution in [-0.4, -0.2) is 24.9 Å². The zero-order chi connectivity index (χ0) is 17.0. The van der Waals surface area contributed by atoms with E-state index in [2.05, 4.69) is 31.7 Å². The Labute approximate surface area is 143 Å². The number of carbonyl (C=O) groups is 2. The average Bonchev–Trinajstić information content (AvgIpc) is 3.21. The molecule has 1 heterocycles. The van der Waals surface area contributed by atoms with Crippen molar-refractivity contribution >= 4 is 23.2 Å². The summed E-state index contributed by atoms with van der Waals surface area (Å²) < 4.78 is 0. The van der Waals surface area contributed by atoms with E-state index < -0.39 is 0 Å². The predicted octanol–water partition coefficient (Wildman–Crippen LogP) is 3.23. The molecule has 1 saturated heterocycles. The summed E-state index contributed by atoms with van der Waals surface area (Å²) in [5.41, 5.74) is 3.13. The molecule has 0 N–H and O–H groups in total. The van der Waals surface area contributed by atoms with Crippen molar-refractivity contribution in [1.82, 2.24) is 0 Å². The lowest BCUT2D eigenvalue weighted by Gasteiger charge is -2.23. The van der Waals surface area contributed by atoms with E-state index in [1.165, 1.54) is 10.5 Å². The van der Waals surface area contributed by atoms with Crippen LogP contribution in [0.15, 0.2) is 35.9 Å². The molecule has 1 saturated carbocycles. The molecule has 0 radical (unpaired) electrons. The number of benzene rings is 1. The zero-order valence-corrected chi connectivity index (χ0v) is 14.5. The number of rotatable bonds is 4. The van der Waals surface area contributed by atoms with Gasteiger partial charge in [-0.1, -0.05) is 11.6 Å². The lowest BCUT2D eigenvalue weighted by molar-refractivity contribution is -0.123. The van der Waals surface area contributed by atoms with Crippen LogP contribution < -0.4 is 9.80 Å². The van der Waals surface area contributed by atoms with Crippen LogP contribution in [0.5, 0.6) is 0 Å². The maximum Gasteiger partial charge on any atom is 0.238 e. The van der Waals surface area contributed by atoms with E-state index in [1.807, 2.05) is 24.3 Å². The van der Waals surface area contributed by atoms with E-state index in [1.54, 1.807) is 0 Å². The molecule has 3 aliphatic rings.